The number of nitrogens with zero attached hydrogens (tertiary/aromatic N) is 1. The van der Waals surface area contributed by atoms with E-state index >= 15 is 0 Å². The molecule has 1 amide bonds. The number of carbonyl (C=O) groups excluding carboxylic acids is 2. The summed E-state index contributed by atoms with van der Waals surface area (Å²) in [6.45, 7) is 1.99. The molecule has 160 valence electrons. The van der Waals surface area contributed by atoms with E-state index in [0.717, 1.165) is 10.4 Å². The number of carboxylic acids is 1. The number of amides is 1. The molecule has 0 saturated carbocycles. The Labute approximate surface area is 179 Å². The van der Waals surface area contributed by atoms with Crippen molar-refractivity contribution < 1.29 is 24.2 Å². The number of ether oxygens (including phenoxy) is 1. The molecule has 0 aliphatic carbocycles. The van der Waals surface area contributed by atoms with Gasteiger partial charge in [-0.1, -0.05) is 30.3 Å². The first kappa shape index (κ1) is 22.0. The number of carboxylic acid groups (broad SMARTS) is 1. The largest absolute Gasteiger partial charge is 0.479 e. The molecule has 1 aromatic carbocycles. The fourth-order valence-corrected chi connectivity index (χ4v) is 4.71. The van der Waals surface area contributed by atoms with Crippen LogP contribution in [-0.4, -0.2) is 53.6 Å². The van der Waals surface area contributed by atoms with Gasteiger partial charge in [0, 0.05) is 11.4 Å². The van der Waals surface area contributed by atoms with Crippen LogP contribution in [0.3, 0.4) is 0 Å². The van der Waals surface area contributed by atoms with E-state index in [1.54, 1.807) is 13.0 Å². The quantitative estimate of drug-likeness (QED) is 0.625. The highest BCUT2D eigenvalue weighted by Crippen LogP contribution is 2.33. The highest BCUT2D eigenvalue weighted by Gasteiger charge is 2.38. The molecule has 8 heteroatoms. The van der Waals surface area contributed by atoms with Gasteiger partial charge in [0.15, 0.2) is 6.04 Å². The van der Waals surface area contributed by atoms with Gasteiger partial charge >= 0.3 is 11.9 Å². The van der Waals surface area contributed by atoms with Gasteiger partial charge in [-0.25, -0.2) is 4.79 Å². The van der Waals surface area contributed by atoms with E-state index in [2.05, 4.69) is 5.32 Å². The van der Waals surface area contributed by atoms with Crippen molar-refractivity contribution in [1.29, 1.82) is 0 Å². The fraction of sp³-hybridized carbons (Fsp3) is 0.409. The molecular formula is C22H26N2O5S. The summed E-state index contributed by atoms with van der Waals surface area (Å²) in [4.78, 5) is 39.7. The number of fused-ring (bicyclic) bond motifs is 1. The van der Waals surface area contributed by atoms with E-state index in [1.807, 2.05) is 35.7 Å². The summed E-state index contributed by atoms with van der Waals surface area (Å²) in [5, 5.41) is 14.6. The molecule has 2 unspecified atom stereocenters. The first-order chi connectivity index (χ1) is 14.4. The van der Waals surface area contributed by atoms with Gasteiger partial charge in [-0.3, -0.25) is 14.9 Å². The zero-order valence-corrected chi connectivity index (χ0v) is 17.9. The summed E-state index contributed by atoms with van der Waals surface area (Å²) < 4.78 is 4.90. The Bertz CT molecular complexity index is 898. The van der Waals surface area contributed by atoms with Gasteiger partial charge in [0.2, 0.25) is 5.91 Å². The van der Waals surface area contributed by atoms with Crippen molar-refractivity contribution in [3.8, 4) is 0 Å². The van der Waals surface area contributed by atoms with Crippen molar-refractivity contribution in [2.45, 2.75) is 44.3 Å². The Balaban J connectivity index is 1.70. The average molecular weight is 431 g/mol. The molecule has 3 atom stereocenters. The molecular weight excluding hydrogens is 404 g/mol. The van der Waals surface area contributed by atoms with Crippen LogP contribution in [0.4, 0.5) is 0 Å². The van der Waals surface area contributed by atoms with Gasteiger partial charge < -0.3 is 14.7 Å². The van der Waals surface area contributed by atoms with E-state index < -0.39 is 30.1 Å². The molecule has 2 aromatic rings. The topological polar surface area (TPSA) is 95.9 Å². The van der Waals surface area contributed by atoms with E-state index in [1.165, 1.54) is 23.3 Å². The molecule has 0 bridgehead atoms. The van der Waals surface area contributed by atoms with Gasteiger partial charge in [-0.2, -0.15) is 0 Å². The van der Waals surface area contributed by atoms with Crippen molar-refractivity contribution in [2.24, 2.45) is 0 Å². The normalized spacial score (nSPS) is 17.7. The highest BCUT2D eigenvalue weighted by molar-refractivity contribution is 7.10. The lowest BCUT2D eigenvalue weighted by Gasteiger charge is -2.35. The number of aryl methyl sites for hydroxylation is 1. The molecule has 30 heavy (non-hydrogen) atoms. The average Bonchev–Trinajstić information content (AvgIpc) is 3.23. The smallest absolute Gasteiger partial charge is 0.331 e. The number of nitrogens with one attached hydrogen (secondary N) is 1. The summed E-state index contributed by atoms with van der Waals surface area (Å²) in [5.41, 5.74) is 1.76. The van der Waals surface area contributed by atoms with Gasteiger partial charge in [-0.15, -0.1) is 11.3 Å². The number of benzene rings is 1. The number of rotatable bonds is 8. The number of aliphatic carboxylic acids is 1. The van der Waals surface area contributed by atoms with Crippen LogP contribution in [0.5, 0.6) is 0 Å². The number of methoxy groups -OCH3 is 1. The first-order valence-corrected chi connectivity index (χ1v) is 10.8. The molecule has 2 heterocycles. The maximum absolute atomic E-state index is 13.1. The number of carbonyl (C=O) groups is 3. The molecule has 0 spiro atoms. The van der Waals surface area contributed by atoms with Crippen LogP contribution in [0.2, 0.25) is 0 Å². The van der Waals surface area contributed by atoms with Crippen molar-refractivity contribution in [3.63, 3.8) is 0 Å². The van der Waals surface area contributed by atoms with Crippen LogP contribution >= 0.6 is 11.3 Å². The standard InChI is InChI=1S/C22H26N2O5S/c1-14(23-17(22(28)29-2)9-8-15-6-4-3-5-7-15)20(25)24-12-10-18-16(11-13-30-18)19(24)21(26)27/h3-7,11,13-14,17,19,23H,8-10,12H2,1-2H3,(H,26,27)/t14-,17?,19?/m0/s1. The molecule has 0 fully saturated rings. The van der Waals surface area contributed by atoms with Gasteiger partial charge in [0.05, 0.1) is 13.2 Å². The molecule has 2 N–H and O–H groups in total. The monoisotopic (exact) mass is 430 g/mol. The third kappa shape index (κ3) is 4.88. The highest BCUT2D eigenvalue weighted by atomic mass is 32.1. The first-order valence-electron chi connectivity index (χ1n) is 9.89. The number of thiophene rings is 1. The third-order valence-electron chi connectivity index (χ3n) is 5.35. The van der Waals surface area contributed by atoms with Gasteiger partial charge in [0.1, 0.15) is 6.04 Å². The summed E-state index contributed by atoms with van der Waals surface area (Å²) in [7, 11) is 1.31. The molecule has 1 aliphatic heterocycles. The summed E-state index contributed by atoms with van der Waals surface area (Å²) in [5.74, 6) is -1.84. The minimum absolute atomic E-state index is 0.336. The van der Waals surface area contributed by atoms with Crippen LogP contribution < -0.4 is 5.32 Å². The Morgan fingerprint density at radius 2 is 2.00 bits per heavy atom. The van der Waals surface area contributed by atoms with Crippen LogP contribution in [0, 0.1) is 0 Å². The number of hydrogen-bond donors (Lipinski definition) is 2. The van der Waals surface area contributed by atoms with Crippen molar-refractivity contribution in [2.75, 3.05) is 13.7 Å². The van der Waals surface area contributed by atoms with E-state index in [0.29, 0.717) is 31.4 Å². The summed E-state index contributed by atoms with van der Waals surface area (Å²) >= 11 is 1.51. The summed E-state index contributed by atoms with van der Waals surface area (Å²) in [6, 6.07) is 9.12. The number of esters is 1. The lowest BCUT2D eigenvalue weighted by atomic mass is 9.98. The molecule has 1 aromatic heterocycles. The zero-order valence-electron chi connectivity index (χ0n) is 17.0. The van der Waals surface area contributed by atoms with Crippen LogP contribution in [0.1, 0.15) is 35.4 Å². The van der Waals surface area contributed by atoms with E-state index in [9.17, 15) is 19.5 Å². The Kier molecular flexibility index (Phi) is 7.23. The Morgan fingerprint density at radius 1 is 1.27 bits per heavy atom. The van der Waals surface area contributed by atoms with E-state index in [-0.39, 0.29) is 5.91 Å². The SMILES string of the molecule is COC(=O)C(CCc1ccccc1)N[C@@H](C)C(=O)N1CCc2sccc2C1C(=O)O. The van der Waals surface area contributed by atoms with Crippen LogP contribution in [0.25, 0.3) is 0 Å². The lowest BCUT2D eigenvalue weighted by molar-refractivity contribution is -0.152. The lowest BCUT2D eigenvalue weighted by Crippen LogP contribution is -2.54. The van der Waals surface area contributed by atoms with Crippen molar-refractivity contribution >= 4 is 29.2 Å². The third-order valence-corrected chi connectivity index (χ3v) is 6.35. The zero-order chi connectivity index (χ0) is 21.7. The maximum atomic E-state index is 13.1. The van der Waals surface area contributed by atoms with Gasteiger partial charge in [0.25, 0.3) is 0 Å². The second-order valence-electron chi connectivity index (χ2n) is 7.31. The Hall–Kier alpha value is -2.71. The maximum Gasteiger partial charge on any atom is 0.331 e. The minimum atomic E-state index is -1.05. The Morgan fingerprint density at radius 3 is 2.67 bits per heavy atom. The molecule has 3 rings (SSSR count). The number of hydrogen-bond acceptors (Lipinski definition) is 6. The van der Waals surface area contributed by atoms with Crippen molar-refractivity contribution in [3.05, 3.63) is 57.8 Å². The molecule has 1 aliphatic rings. The van der Waals surface area contributed by atoms with E-state index in [4.69, 9.17) is 4.74 Å². The fourth-order valence-electron chi connectivity index (χ4n) is 3.81. The second-order valence-corrected chi connectivity index (χ2v) is 8.31. The summed E-state index contributed by atoms with van der Waals surface area (Å²) in [6.07, 6.45) is 1.74. The molecule has 0 saturated heterocycles. The van der Waals surface area contributed by atoms with Crippen molar-refractivity contribution in [1.82, 2.24) is 10.2 Å². The predicted molar refractivity (Wildman–Crippen MR) is 113 cm³/mol. The predicted octanol–water partition coefficient (Wildman–Crippen LogP) is 2.41. The second kappa shape index (κ2) is 9.86. The van der Waals surface area contributed by atoms with Crippen LogP contribution in [-0.2, 0) is 32.0 Å². The molecule has 0 radical (unpaired) electrons. The van der Waals surface area contributed by atoms with Gasteiger partial charge in [-0.05, 0) is 48.8 Å². The minimum Gasteiger partial charge on any atom is -0.479 e. The molecule has 7 nitrogen and oxygen atoms in total. The van der Waals surface area contributed by atoms with Crippen LogP contribution in [0.15, 0.2) is 41.8 Å².